The molecular formula is C19H17F2N7O. The van der Waals surface area contributed by atoms with Crippen LogP contribution in [0.1, 0.15) is 6.42 Å². The first-order valence-electron chi connectivity index (χ1n) is 9.12. The second kappa shape index (κ2) is 6.23. The SMILES string of the molecule is Nc1nc2cc(-c3cc[nH]n3)ccc2c2nn(CCC(=O)N3CC(F)(F)C3)cc12. The fourth-order valence-corrected chi connectivity index (χ4v) is 3.57. The van der Waals surface area contributed by atoms with E-state index in [-0.39, 0.29) is 18.9 Å². The Morgan fingerprint density at radius 1 is 1.24 bits per heavy atom. The fraction of sp³-hybridized carbons (Fsp3) is 0.263. The van der Waals surface area contributed by atoms with Gasteiger partial charge in [0.25, 0.3) is 5.92 Å². The molecule has 1 saturated heterocycles. The van der Waals surface area contributed by atoms with Crippen LogP contribution in [0.15, 0.2) is 36.7 Å². The predicted molar refractivity (Wildman–Crippen MR) is 103 cm³/mol. The second-order valence-electron chi connectivity index (χ2n) is 7.20. The molecule has 1 aliphatic rings. The van der Waals surface area contributed by atoms with Gasteiger partial charge < -0.3 is 10.6 Å². The molecule has 1 aromatic carbocycles. The van der Waals surface area contributed by atoms with Crippen LogP contribution in [0.2, 0.25) is 0 Å². The molecule has 4 heterocycles. The van der Waals surface area contributed by atoms with Crippen LogP contribution in [0.5, 0.6) is 0 Å². The van der Waals surface area contributed by atoms with Crippen LogP contribution in [0, 0.1) is 0 Å². The van der Waals surface area contributed by atoms with Gasteiger partial charge in [-0.3, -0.25) is 14.6 Å². The third kappa shape index (κ3) is 3.06. The average Bonchev–Trinajstić information content (AvgIpc) is 3.34. The lowest BCUT2D eigenvalue weighted by atomic mass is 10.1. The maximum Gasteiger partial charge on any atom is 0.282 e. The molecule has 10 heteroatoms. The quantitative estimate of drug-likeness (QED) is 0.550. The summed E-state index contributed by atoms with van der Waals surface area (Å²) in [5.41, 5.74) is 9.21. The largest absolute Gasteiger partial charge is 0.383 e. The summed E-state index contributed by atoms with van der Waals surface area (Å²) in [4.78, 5) is 17.7. The molecule has 5 rings (SSSR count). The molecule has 0 unspecified atom stereocenters. The van der Waals surface area contributed by atoms with Gasteiger partial charge in [-0.05, 0) is 18.2 Å². The molecule has 0 bridgehead atoms. The summed E-state index contributed by atoms with van der Waals surface area (Å²) in [7, 11) is 0. The number of carbonyl (C=O) groups excluding carboxylic acids is 1. The summed E-state index contributed by atoms with van der Waals surface area (Å²) in [6.45, 7) is -0.735. The van der Waals surface area contributed by atoms with Gasteiger partial charge >= 0.3 is 0 Å². The van der Waals surface area contributed by atoms with Crippen LogP contribution < -0.4 is 5.73 Å². The Bertz CT molecular complexity index is 1220. The van der Waals surface area contributed by atoms with Crippen molar-refractivity contribution in [2.45, 2.75) is 18.9 Å². The number of hydrogen-bond donors (Lipinski definition) is 2. The molecule has 4 aromatic rings. The van der Waals surface area contributed by atoms with Gasteiger partial charge in [0.1, 0.15) is 11.3 Å². The van der Waals surface area contributed by atoms with E-state index in [1.165, 1.54) is 0 Å². The van der Waals surface area contributed by atoms with Crippen LogP contribution >= 0.6 is 0 Å². The number of hydrogen-bond acceptors (Lipinski definition) is 5. The van der Waals surface area contributed by atoms with Crippen LogP contribution in [0.4, 0.5) is 14.6 Å². The Balaban J connectivity index is 1.42. The van der Waals surface area contributed by atoms with Crippen molar-refractivity contribution in [3.63, 3.8) is 0 Å². The minimum absolute atomic E-state index is 0.0959. The Morgan fingerprint density at radius 2 is 2.07 bits per heavy atom. The highest BCUT2D eigenvalue weighted by Gasteiger charge is 2.45. The van der Waals surface area contributed by atoms with E-state index in [0.29, 0.717) is 22.2 Å². The summed E-state index contributed by atoms with van der Waals surface area (Å²) in [6.07, 6.45) is 3.57. The molecule has 3 aromatic heterocycles. The topological polar surface area (TPSA) is 106 Å². The molecule has 1 fully saturated rings. The minimum Gasteiger partial charge on any atom is -0.383 e. The number of nitrogens with one attached hydrogen (secondary N) is 1. The van der Waals surface area contributed by atoms with Crippen molar-refractivity contribution < 1.29 is 13.6 Å². The smallest absolute Gasteiger partial charge is 0.282 e. The highest BCUT2D eigenvalue weighted by Crippen LogP contribution is 2.30. The van der Waals surface area contributed by atoms with Gasteiger partial charge in [0.05, 0.1) is 29.7 Å². The van der Waals surface area contributed by atoms with Gasteiger partial charge in [0.2, 0.25) is 5.91 Å². The summed E-state index contributed by atoms with van der Waals surface area (Å²) < 4.78 is 27.5. The number of rotatable bonds is 4. The zero-order valence-corrected chi connectivity index (χ0v) is 15.3. The maximum atomic E-state index is 12.9. The number of nitrogens with two attached hydrogens (primary N) is 1. The molecule has 8 nitrogen and oxygen atoms in total. The molecule has 0 atom stereocenters. The third-order valence-corrected chi connectivity index (χ3v) is 5.08. The van der Waals surface area contributed by atoms with Crippen molar-refractivity contribution in [3.8, 4) is 11.3 Å². The standard InChI is InChI=1S/C19H17F2N7O/c20-19(21)9-27(10-19)16(29)4-6-28-8-13-17(26-28)12-2-1-11(14-3-5-23-25-14)7-15(12)24-18(13)22/h1-3,5,7-8H,4,6,9-10H2,(H2,22,24)(H,23,25). The Kier molecular flexibility index (Phi) is 3.76. The molecule has 0 aliphatic carbocycles. The first-order valence-corrected chi connectivity index (χ1v) is 9.12. The number of amides is 1. The van der Waals surface area contributed by atoms with Gasteiger partial charge in [-0.25, -0.2) is 13.8 Å². The Labute approximate surface area is 163 Å². The van der Waals surface area contributed by atoms with Crippen molar-refractivity contribution in [1.82, 2.24) is 29.9 Å². The Morgan fingerprint density at radius 3 is 2.79 bits per heavy atom. The van der Waals surface area contributed by atoms with Crippen LogP contribution in [-0.4, -0.2) is 54.8 Å². The van der Waals surface area contributed by atoms with E-state index in [4.69, 9.17) is 5.73 Å². The molecule has 1 amide bonds. The number of pyridine rings is 1. The number of benzene rings is 1. The van der Waals surface area contributed by atoms with Crippen molar-refractivity contribution in [3.05, 3.63) is 36.7 Å². The molecule has 29 heavy (non-hydrogen) atoms. The van der Waals surface area contributed by atoms with Gasteiger partial charge in [-0.2, -0.15) is 10.2 Å². The van der Waals surface area contributed by atoms with Crippen LogP contribution in [0.25, 0.3) is 33.1 Å². The van der Waals surface area contributed by atoms with E-state index in [9.17, 15) is 13.6 Å². The predicted octanol–water partition coefficient (Wildman–Crippen LogP) is 2.42. The average molecular weight is 397 g/mol. The number of fused-ring (bicyclic) bond motifs is 3. The van der Waals surface area contributed by atoms with Crippen LogP contribution in [0.3, 0.4) is 0 Å². The number of halogens is 2. The summed E-state index contributed by atoms with van der Waals surface area (Å²) in [6, 6.07) is 7.61. The van der Waals surface area contributed by atoms with E-state index in [1.54, 1.807) is 17.1 Å². The monoisotopic (exact) mass is 397 g/mol. The highest BCUT2D eigenvalue weighted by atomic mass is 19.3. The maximum absolute atomic E-state index is 12.9. The van der Waals surface area contributed by atoms with Crippen molar-refractivity contribution in [2.75, 3.05) is 18.8 Å². The molecule has 1 aliphatic heterocycles. The van der Waals surface area contributed by atoms with E-state index >= 15 is 0 Å². The number of carbonyl (C=O) groups is 1. The second-order valence-corrected chi connectivity index (χ2v) is 7.20. The number of aromatic amines is 1. The number of nitrogen functional groups attached to an aromatic ring is 1. The number of anilines is 1. The van der Waals surface area contributed by atoms with Crippen molar-refractivity contribution >= 4 is 33.5 Å². The first-order chi connectivity index (χ1) is 13.9. The lowest BCUT2D eigenvalue weighted by Gasteiger charge is -2.38. The number of nitrogens with zero attached hydrogens (tertiary/aromatic N) is 5. The number of aryl methyl sites for hydroxylation is 1. The van der Waals surface area contributed by atoms with Gasteiger partial charge in [-0.15, -0.1) is 0 Å². The first kappa shape index (κ1) is 17.5. The zero-order valence-electron chi connectivity index (χ0n) is 15.3. The van der Waals surface area contributed by atoms with Crippen molar-refractivity contribution in [2.24, 2.45) is 0 Å². The fourth-order valence-electron chi connectivity index (χ4n) is 3.57. The lowest BCUT2D eigenvalue weighted by Crippen LogP contribution is -2.58. The van der Waals surface area contributed by atoms with E-state index < -0.39 is 19.0 Å². The van der Waals surface area contributed by atoms with Crippen LogP contribution in [-0.2, 0) is 11.3 Å². The van der Waals surface area contributed by atoms with E-state index in [1.807, 2.05) is 24.3 Å². The van der Waals surface area contributed by atoms with Gasteiger partial charge in [-0.1, -0.05) is 6.07 Å². The molecule has 0 saturated carbocycles. The summed E-state index contributed by atoms with van der Waals surface area (Å²) >= 11 is 0. The van der Waals surface area contributed by atoms with Crippen molar-refractivity contribution in [1.29, 1.82) is 0 Å². The molecule has 0 radical (unpaired) electrons. The van der Waals surface area contributed by atoms with E-state index in [2.05, 4.69) is 20.3 Å². The van der Waals surface area contributed by atoms with E-state index in [0.717, 1.165) is 21.5 Å². The Hall–Kier alpha value is -3.56. The molecule has 148 valence electrons. The normalized spacial score (nSPS) is 15.7. The number of likely N-dealkylation sites (tertiary alicyclic amines) is 1. The lowest BCUT2D eigenvalue weighted by molar-refractivity contribution is -0.165. The summed E-state index contributed by atoms with van der Waals surface area (Å²) in [5.74, 6) is -2.73. The number of H-pyrrole nitrogens is 1. The number of alkyl halides is 2. The van der Waals surface area contributed by atoms with Gasteiger partial charge in [0.15, 0.2) is 0 Å². The minimum atomic E-state index is -2.76. The highest BCUT2D eigenvalue weighted by molar-refractivity contribution is 6.08. The third-order valence-electron chi connectivity index (χ3n) is 5.08. The summed E-state index contributed by atoms with van der Waals surface area (Å²) in [5, 5.41) is 13.0. The van der Waals surface area contributed by atoms with Gasteiger partial charge in [0, 0.05) is 36.3 Å². The molecule has 0 spiro atoms. The molecular weight excluding hydrogens is 380 g/mol. The zero-order chi connectivity index (χ0) is 20.2. The molecule has 3 N–H and O–H groups in total. The number of aromatic nitrogens is 5.